The molecule has 0 aromatic carbocycles. The van der Waals surface area contributed by atoms with Crippen LogP contribution in [0.1, 0.15) is 18.1 Å². The summed E-state index contributed by atoms with van der Waals surface area (Å²) in [7, 11) is 1.86. The highest BCUT2D eigenvalue weighted by atomic mass is 16.5. The number of carbonyl (C=O) groups is 1. The first-order valence-electron chi connectivity index (χ1n) is 5.20. The molecule has 0 saturated carbocycles. The molecule has 0 aliphatic heterocycles. The molecule has 1 rings (SSSR count). The van der Waals surface area contributed by atoms with Gasteiger partial charge in [-0.15, -0.1) is 0 Å². The monoisotopic (exact) mass is 234 g/mol. The molecule has 0 unspecified atom stereocenters. The van der Waals surface area contributed by atoms with Crippen LogP contribution in [0.3, 0.4) is 0 Å². The van der Waals surface area contributed by atoms with Gasteiger partial charge in [-0.05, 0) is 6.92 Å². The highest BCUT2D eigenvalue weighted by Gasteiger charge is 2.00. The second-order valence-corrected chi connectivity index (χ2v) is 2.90. The van der Waals surface area contributed by atoms with Crippen molar-refractivity contribution >= 4 is 24.3 Å². The largest absolute Gasteiger partial charge is 0.468 e. The van der Waals surface area contributed by atoms with Gasteiger partial charge >= 0.3 is 0 Å². The summed E-state index contributed by atoms with van der Waals surface area (Å²) >= 11 is 0. The highest BCUT2D eigenvalue weighted by molar-refractivity contribution is 5.73. The maximum Gasteiger partial charge on any atom is 0.293 e. The lowest BCUT2D eigenvalue weighted by molar-refractivity contribution is -0.128. The number of anilines is 1. The zero-order valence-electron chi connectivity index (χ0n) is 10.3. The van der Waals surface area contributed by atoms with Crippen LogP contribution in [0.2, 0.25) is 0 Å². The van der Waals surface area contributed by atoms with Crippen LogP contribution < -0.4 is 5.32 Å². The molecule has 0 bridgehead atoms. The van der Waals surface area contributed by atoms with Crippen molar-refractivity contribution in [2.24, 2.45) is 0 Å². The molecule has 0 saturated heterocycles. The zero-order valence-corrected chi connectivity index (χ0v) is 10.3. The Balaban J connectivity index is 0.000000437. The predicted octanol–water partition coefficient (Wildman–Crippen LogP) is 2.59. The summed E-state index contributed by atoms with van der Waals surface area (Å²) < 4.78 is 4.15. The summed E-state index contributed by atoms with van der Waals surface area (Å²) in [6, 6.07) is 0. The van der Waals surface area contributed by atoms with Gasteiger partial charge in [0.15, 0.2) is 0 Å². The number of aromatic nitrogens is 1. The highest BCUT2D eigenvalue weighted by Crippen LogP contribution is 2.19. The molecule has 0 amide bonds. The fraction of sp³-hybridized carbons (Fsp3) is 0.231. The second-order valence-electron chi connectivity index (χ2n) is 2.90. The van der Waals surface area contributed by atoms with Crippen molar-refractivity contribution in [3.63, 3.8) is 0 Å². The molecule has 0 atom stereocenters. The van der Waals surface area contributed by atoms with Crippen molar-refractivity contribution in [3.05, 3.63) is 36.7 Å². The van der Waals surface area contributed by atoms with Crippen LogP contribution in [-0.2, 0) is 9.53 Å². The Morgan fingerprint density at radius 2 is 2.12 bits per heavy atom. The van der Waals surface area contributed by atoms with E-state index in [4.69, 9.17) is 0 Å². The smallest absolute Gasteiger partial charge is 0.293 e. The number of rotatable bonds is 5. The van der Waals surface area contributed by atoms with Crippen LogP contribution in [0, 0.1) is 0 Å². The minimum Gasteiger partial charge on any atom is -0.468 e. The van der Waals surface area contributed by atoms with Crippen molar-refractivity contribution in [2.45, 2.75) is 6.92 Å². The Morgan fingerprint density at radius 1 is 1.41 bits per heavy atom. The number of hydrogen-bond acceptors (Lipinski definition) is 4. The molecular formula is C13H18N2O2. The summed E-state index contributed by atoms with van der Waals surface area (Å²) in [5.74, 6) is 0. The number of pyridine rings is 1. The van der Waals surface area contributed by atoms with E-state index in [-0.39, 0.29) is 0 Å². The first-order valence-corrected chi connectivity index (χ1v) is 5.20. The molecule has 4 heteroatoms. The molecule has 0 radical (unpaired) electrons. The van der Waals surface area contributed by atoms with Crippen LogP contribution in [0.25, 0.3) is 12.2 Å². The van der Waals surface area contributed by atoms with Gasteiger partial charge in [0.2, 0.25) is 0 Å². The lowest BCUT2D eigenvalue weighted by atomic mass is 10.1. The van der Waals surface area contributed by atoms with Gasteiger partial charge in [-0.1, -0.05) is 25.3 Å². The molecule has 0 spiro atoms. The van der Waals surface area contributed by atoms with Gasteiger partial charge in [-0.3, -0.25) is 9.78 Å². The summed E-state index contributed by atoms with van der Waals surface area (Å²) in [6.07, 6.45) is 7.10. The van der Waals surface area contributed by atoms with Crippen molar-refractivity contribution in [1.29, 1.82) is 0 Å². The van der Waals surface area contributed by atoms with E-state index in [1.165, 1.54) is 0 Å². The Bertz CT molecular complexity index is 376. The van der Waals surface area contributed by atoms with E-state index in [0.717, 1.165) is 16.8 Å². The average molecular weight is 234 g/mol. The van der Waals surface area contributed by atoms with Crippen molar-refractivity contribution in [1.82, 2.24) is 4.98 Å². The summed E-state index contributed by atoms with van der Waals surface area (Å²) in [6.45, 7) is 10.1. The Kier molecular flexibility index (Phi) is 8.02. The average Bonchev–Trinajstić information content (AvgIpc) is 2.39. The fourth-order valence-corrected chi connectivity index (χ4v) is 1.14. The molecule has 17 heavy (non-hydrogen) atoms. The molecule has 0 aliphatic carbocycles. The van der Waals surface area contributed by atoms with E-state index < -0.39 is 0 Å². The van der Waals surface area contributed by atoms with E-state index in [1.54, 1.807) is 31.5 Å². The zero-order chi connectivity index (χ0) is 13.1. The number of nitrogens with one attached hydrogen (secondary N) is 1. The number of ether oxygens (including phenoxy) is 1. The van der Waals surface area contributed by atoms with Crippen LogP contribution in [0.4, 0.5) is 5.69 Å². The lowest BCUT2D eigenvalue weighted by Gasteiger charge is -2.06. The second kappa shape index (κ2) is 9.15. The molecule has 0 fully saturated rings. The first kappa shape index (κ1) is 14.9. The van der Waals surface area contributed by atoms with Crippen molar-refractivity contribution in [3.8, 4) is 0 Å². The van der Waals surface area contributed by atoms with E-state index >= 15 is 0 Å². The molecule has 1 N–H and O–H groups in total. The van der Waals surface area contributed by atoms with Crippen LogP contribution in [0.15, 0.2) is 25.6 Å². The summed E-state index contributed by atoms with van der Waals surface area (Å²) in [5, 5.41) is 3.04. The minimum absolute atomic E-state index is 0.431. The van der Waals surface area contributed by atoms with Gasteiger partial charge in [0, 0.05) is 24.4 Å². The molecular weight excluding hydrogens is 216 g/mol. The molecule has 4 nitrogen and oxygen atoms in total. The van der Waals surface area contributed by atoms with E-state index in [1.807, 2.05) is 7.05 Å². The third-order valence-corrected chi connectivity index (χ3v) is 1.95. The van der Waals surface area contributed by atoms with Crippen molar-refractivity contribution < 1.29 is 9.53 Å². The first-order chi connectivity index (χ1) is 8.24. The Morgan fingerprint density at radius 3 is 2.47 bits per heavy atom. The summed E-state index contributed by atoms with van der Waals surface area (Å²) in [4.78, 5) is 13.2. The molecule has 1 aromatic rings. The van der Waals surface area contributed by atoms with Crippen LogP contribution >= 0.6 is 0 Å². The SMILES string of the molecule is C=Cc1cncc(NC)c1C=C.CCOC=O. The predicted molar refractivity (Wildman–Crippen MR) is 71.7 cm³/mol. The topological polar surface area (TPSA) is 51.2 Å². The third-order valence-electron chi connectivity index (χ3n) is 1.95. The van der Waals surface area contributed by atoms with E-state index in [2.05, 4.69) is 28.2 Å². The Labute approximate surface area is 102 Å². The number of carbonyl (C=O) groups excluding carboxylic acids is 1. The molecule has 1 heterocycles. The normalized spacial score (nSPS) is 8.35. The van der Waals surface area contributed by atoms with Gasteiger partial charge in [-0.2, -0.15) is 0 Å². The van der Waals surface area contributed by atoms with E-state index in [9.17, 15) is 4.79 Å². The number of hydrogen-bond donors (Lipinski definition) is 1. The minimum atomic E-state index is 0.431. The van der Waals surface area contributed by atoms with Crippen LogP contribution in [-0.4, -0.2) is 25.1 Å². The molecule has 0 aliphatic rings. The van der Waals surface area contributed by atoms with Gasteiger partial charge in [-0.25, -0.2) is 0 Å². The molecule has 92 valence electrons. The van der Waals surface area contributed by atoms with Crippen LogP contribution in [0.5, 0.6) is 0 Å². The van der Waals surface area contributed by atoms with Gasteiger partial charge in [0.25, 0.3) is 6.47 Å². The fourth-order valence-electron chi connectivity index (χ4n) is 1.14. The number of nitrogens with zero attached hydrogens (tertiary/aromatic N) is 1. The van der Waals surface area contributed by atoms with E-state index in [0.29, 0.717) is 13.1 Å². The quantitative estimate of drug-likeness (QED) is 0.796. The standard InChI is InChI=1S/C10H12N2.C3H6O2/c1-4-8-6-12-7-10(11-3)9(8)5-2;1-2-5-3-4/h4-7,11H,1-2H2,3H3;3H,2H2,1H3. The Hall–Kier alpha value is -2.10. The van der Waals surface area contributed by atoms with Gasteiger partial charge < -0.3 is 10.1 Å². The van der Waals surface area contributed by atoms with Gasteiger partial charge in [0.05, 0.1) is 18.5 Å². The molecule has 1 aromatic heterocycles. The van der Waals surface area contributed by atoms with Crippen molar-refractivity contribution in [2.75, 3.05) is 19.0 Å². The maximum absolute atomic E-state index is 9.18. The lowest BCUT2D eigenvalue weighted by Crippen LogP contribution is -1.94. The maximum atomic E-state index is 9.18. The van der Waals surface area contributed by atoms with Gasteiger partial charge in [0.1, 0.15) is 0 Å². The summed E-state index contributed by atoms with van der Waals surface area (Å²) in [5.41, 5.74) is 3.02. The third kappa shape index (κ3) is 4.97.